The molecule has 1 aliphatic rings. The summed E-state index contributed by atoms with van der Waals surface area (Å²) in [5.41, 5.74) is 5.42. The number of amidine groups is 1. The van der Waals surface area contributed by atoms with Crippen molar-refractivity contribution in [1.29, 1.82) is 0 Å². The zero-order valence-electron chi connectivity index (χ0n) is 12.1. The molecule has 1 aromatic rings. The van der Waals surface area contributed by atoms with Gasteiger partial charge in [0.15, 0.2) is 5.84 Å². The summed E-state index contributed by atoms with van der Waals surface area (Å²) in [7, 11) is 0. The fourth-order valence-corrected chi connectivity index (χ4v) is 2.93. The van der Waals surface area contributed by atoms with Crippen molar-refractivity contribution >= 4 is 11.7 Å². The summed E-state index contributed by atoms with van der Waals surface area (Å²) in [5, 5.41) is 14.7. The Morgan fingerprint density at radius 1 is 1.57 bits per heavy atom. The van der Waals surface area contributed by atoms with Gasteiger partial charge < -0.3 is 16.3 Å². The van der Waals surface area contributed by atoms with Crippen LogP contribution in [0.2, 0.25) is 0 Å². The number of rotatable bonds is 4. The van der Waals surface area contributed by atoms with E-state index in [1.165, 1.54) is 12.1 Å². The van der Waals surface area contributed by atoms with Gasteiger partial charge in [0, 0.05) is 0 Å². The molecule has 1 aromatic carbocycles. The zero-order chi connectivity index (χ0) is 15.6. The lowest BCUT2D eigenvalue weighted by Gasteiger charge is -2.44. The number of hydrogen-bond acceptors (Lipinski definition) is 3. The highest BCUT2D eigenvalue weighted by Gasteiger charge is 2.52. The molecular formula is C15H20FN3O2. The topological polar surface area (TPSA) is 87.7 Å². The van der Waals surface area contributed by atoms with Crippen molar-refractivity contribution in [1.82, 2.24) is 5.32 Å². The zero-order valence-corrected chi connectivity index (χ0v) is 12.1. The molecule has 0 saturated heterocycles. The number of carbonyl (C=O) groups is 1. The average Bonchev–Trinajstić information content (AvgIpc) is 2.42. The summed E-state index contributed by atoms with van der Waals surface area (Å²) in [6.45, 7) is 3.78. The number of nitrogens with zero attached hydrogens (tertiary/aromatic N) is 1. The van der Waals surface area contributed by atoms with E-state index in [4.69, 9.17) is 10.9 Å². The van der Waals surface area contributed by atoms with Gasteiger partial charge in [-0.3, -0.25) is 4.79 Å². The third-order valence-electron chi connectivity index (χ3n) is 4.12. The van der Waals surface area contributed by atoms with Crippen molar-refractivity contribution in [3.8, 4) is 0 Å². The Labute approximate surface area is 123 Å². The number of nitrogens with two attached hydrogens (primary N) is 1. The minimum atomic E-state index is -0.949. The van der Waals surface area contributed by atoms with E-state index in [-0.39, 0.29) is 23.6 Å². The van der Waals surface area contributed by atoms with Crippen LogP contribution >= 0.6 is 0 Å². The second-order valence-corrected chi connectivity index (χ2v) is 5.83. The molecule has 1 aliphatic carbocycles. The van der Waals surface area contributed by atoms with E-state index in [1.54, 1.807) is 19.1 Å². The summed E-state index contributed by atoms with van der Waals surface area (Å²) in [5.74, 6) is -0.352. The summed E-state index contributed by atoms with van der Waals surface area (Å²) in [4.78, 5) is 12.5. The van der Waals surface area contributed by atoms with Crippen LogP contribution in [0.25, 0.3) is 0 Å². The van der Waals surface area contributed by atoms with Crippen molar-refractivity contribution in [2.45, 2.75) is 32.7 Å². The lowest BCUT2D eigenvalue weighted by atomic mass is 9.61. The molecule has 0 bridgehead atoms. The van der Waals surface area contributed by atoms with E-state index in [9.17, 15) is 9.18 Å². The standard InChI is InChI=1S/C15H20FN3O2/c1-9-7-15(8-9,13(17)19-21)14(20)18-10(2)11-4-3-5-12(16)6-11/h3-6,9-10,21H,7-8H2,1-2H3,(H2,17,19)(H,18,20). The monoisotopic (exact) mass is 293 g/mol. The van der Waals surface area contributed by atoms with Crippen LogP contribution in [0, 0.1) is 17.2 Å². The van der Waals surface area contributed by atoms with E-state index in [0.29, 0.717) is 24.3 Å². The number of oxime groups is 1. The summed E-state index contributed by atoms with van der Waals surface area (Å²) in [6, 6.07) is 5.71. The molecule has 21 heavy (non-hydrogen) atoms. The lowest BCUT2D eigenvalue weighted by Crippen LogP contribution is -2.57. The third-order valence-corrected chi connectivity index (χ3v) is 4.12. The first-order chi connectivity index (χ1) is 9.89. The number of nitrogens with one attached hydrogen (secondary N) is 1. The van der Waals surface area contributed by atoms with Gasteiger partial charge in [-0.2, -0.15) is 0 Å². The molecule has 1 saturated carbocycles. The second kappa shape index (κ2) is 5.71. The number of benzene rings is 1. The molecule has 0 aromatic heterocycles. The molecule has 0 aliphatic heterocycles. The van der Waals surface area contributed by atoms with Gasteiger partial charge in [0.2, 0.25) is 5.91 Å². The smallest absolute Gasteiger partial charge is 0.234 e. The van der Waals surface area contributed by atoms with Crippen LogP contribution in [-0.4, -0.2) is 17.0 Å². The summed E-state index contributed by atoms with van der Waals surface area (Å²) >= 11 is 0. The number of carbonyl (C=O) groups excluding carboxylic acids is 1. The van der Waals surface area contributed by atoms with Crippen molar-refractivity contribution in [3.05, 3.63) is 35.6 Å². The number of halogens is 1. The van der Waals surface area contributed by atoms with Crippen molar-refractivity contribution < 1.29 is 14.4 Å². The van der Waals surface area contributed by atoms with Crippen LogP contribution in [0.3, 0.4) is 0 Å². The Morgan fingerprint density at radius 3 is 2.76 bits per heavy atom. The molecule has 5 nitrogen and oxygen atoms in total. The van der Waals surface area contributed by atoms with Crippen LogP contribution < -0.4 is 11.1 Å². The molecule has 6 heteroatoms. The molecule has 114 valence electrons. The number of amides is 1. The molecule has 1 amide bonds. The fraction of sp³-hybridized carbons (Fsp3) is 0.467. The predicted molar refractivity (Wildman–Crippen MR) is 77.2 cm³/mol. The normalized spacial score (nSPS) is 26.8. The highest BCUT2D eigenvalue weighted by atomic mass is 19.1. The highest BCUT2D eigenvalue weighted by Crippen LogP contribution is 2.46. The quantitative estimate of drug-likeness (QED) is 0.344. The summed E-state index contributed by atoms with van der Waals surface area (Å²) < 4.78 is 13.2. The number of hydrogen-bond donors (Lipinski definition) is 3. The molecule has 0 radical (unpaired) electrons. The first-order valence-corrected chi connectivity index (χ1v) is 6.93. The maximum atomic E-state index is 13.2. The maximum absolute atomic E-state index is 13.2. The molecule has 1 atom stereocenters. The van der Waals surface area contributed by atoms with Crippen molar-refractivity contribution in [3.63, 3.8) is 0 Å². The van der Waals surface area contributed by atoms with Crippen molar-refractivity contribution in [2.24, 2.45) is 22.2 Å². The van der Waals surface area contributed by atoms with Crippen LogP contribution in [0.15, 0.2) is 29.4 Å². The van der Waals surface area contributed by atoms with E-state index in [2.05, 4.69) is 10.5 Å². The van der Waals surface area contributed by atoms with Gasteiger partial charge in [-0.15, -0.1) is 0 Å². The van der Waals surface area contributed by atoms with E-state index < -0.39 is 5.41 Å². The minimum absolute atomic E-state index is 0.0652. The minimum Gasteiger partial charge on any atom is -0.409 e. The highest BCUT2D eigenvalue weighted by molar-refractivity contribution is 6.07. The Kier molecular flexibility index (Phi) is 4.16. The first-order valence-electron chi connectivity index (χ1n) is 6.93. The second-order valence-electron chi connectivity index (χ2n) is 5.83. The van der Waals surface area contributed by atoms with Gasteiger partial charge in [0.25, 0.3) is 0 Å². The molecule has 1 unspecified atom stereocenters. The maximum Gasteiger partial charge on any atom is 0.234 e. The fourth-order valence-electron chi connectivity index (χ4n) is 2.93. The van der Waals surface area contributed by atoms with Crippen LogP contribution in [0.4, 0.5) is 4.39 Å². The average molecular weight is 293 g/mol. The predicted octanol–water partition coefficient (Wildman–Crippen LogP) is 2.17. The summed E-state index contributed by atoms with van der Waals surface area (Å²) in [6.07, 6.45) is 1.09. The Bertz CT molecular complexity index is 568. The molecule has 1 fully saturated rings. The van der Waals surface area contributed by atoms with Crippen LogP contribution in [0.5, 0.6) is 0 Å². The SMILES string of the molecule is CC1CC(C(=O)NC(C)c2cccc(F)c2)(/C(N)=N/O)C1. The van der Waals surface area contributed by atoms with Crippen molar-refractivity contribution in [2.75, 3.05) is 0 Å². The molecule has 0 spiro atoms. The largest absolute Gasteiger partial charge is 0.409 e. The van der Waals surface area contributed by atoms with Gasteiger partial charge in [0.1, 0.15) is 11.2 Å². The van der Waals surface area contributed by atoms with Crippen LogP contribution in [0.1, 0.15) is 38.3 Å². The van der Waals surface area contributed by atoms with E-state index in [0.717, 1.165) is 0 Å². The Hall–Kier alpha value is -2.11. The van der Waals surface area contributed by atoms with Gasteiger partial charge >= 0.3 is 0 Å². The third kappa shape index (κ3) is 2.84. The Morgan fingerprint density at radius 2 is 2.24 bits per heavy atom. The molecule has 2 rings (SSSR count). The Balaban J connectivity index is 2.13. The molecule has 4 N–H and O–H groups in total. The van der Waals surface area contributed by atoms with Gasteiger partial charge in [-0.1, -0.05) is 24.2 Å². The molecular weight excluding hydrogens is 273 g/mol. The van der Waals surface area contributed by atoms with E-state index >= 15 is 0 Å². The molecule has 0 heterocycles. The van der Waals surface area contributed by atoms with E-state index in [1.807, 2.05) is 6.92 Å². The van der Waals surface area contributed by atoms with Gasteiger partial charge in [-0.25, -0.2) is 4.39 Å². The van der Waals surface area contributed by atoms with Crippen LogP contribution in [-0.2, 0) is 4.79 Å². The first kappa shape index (κ1) is 15.3. The van der Waals surface area contributed by atoms with Gasteiger partial charge in [0.05, 0.1) is 6.04 Å². The van der Waals surface area contributed by atoms with Gasteiger partial charge in [-0.05, 0) is 43.4 Å². The lowest BCUT2D eigenvalue weighted by molar-refractivity contribution is -0.133.